The summed E-state index contributed by atoms with van der Waals surface area (Å²) in [6, 6.07) is 13.5. The van der Waals surface area contributed by atoms with Gasteiger partial charge in [-0.1, -0.05) is 48.9 Å². The molecular weight excluding hydrogens is 369 g/mol. The Balaban J connectivity index is 1.73. The predicted octanol–water partition coefficient (Wildman–Crippen LogP) is 4.30. The second-order valence-corrected chi connectivity index (χ2v) is 7.46. The summed E-state index contributed by atoms with van der Waals surface area (Å²) in [5.41, 5.74) is 1.35. The summed E-state index contributed by atoms with van der Waals surface area (Å²) in [5, 5.41) is 10.2. The molecule has 0 radical (unpaired) electrons. The second-order valence-electron chi connectivity index (χ2n) is 7.03. The van der Waals surface area contributed by atoms with Crippen molar-refractivity contribution in [3.05, 3.63) is 70.5 Å². The number of rotatable bonds is 5. The number of halogens is 2. The molecular formula is C21H21ClFNO3. The number of aliphatic carboxylic acids is 1. The number of carboxylic acid groups (broad SMARTS) is 1. The molecule has 1 saturated heterocycles. The van der Waals surface area contributed by atoms with Crippen LogP contribution in [0.2, 0.25) is 5.02 Å². The van der Waals surface area contributed by atoms with E-state index in [0.29, 0.717) is 17.1 Å². The maximum Gasteiger partial charge on any atom is 0.308 e. The van der Waals surface area contributed by atoms with Crippen LogP contribution in [0.4, 0.5) is 4.39 Å². The SMILES string of the molecule is CC(CC(=O)N1C[C@@H](C(=O)O)[C@H](c2ccc(Cl)cc2)C1)c1ccccc1F. The van der Waals surface area contributed by atoms with Gasteiger partial charge in [0.1, 0.15) is 5.82 Å². The van der Waals surface area contributed by atoms with E-state index < -0.39 is 11.9 Å². The molecule has 3 atom stereocenters. The van der Waals surface area contributed by atoms with E-state index in [0.717, 1.165) is 5.56 Å². The number of amides is 1. The lowest BCUT2D eigenvalue weighted by Crippen LogP contribution is -2.30. The molecule has 2 aromatic rings. The van der Waals surface area contributed by atoms with Crippen molar-refractivity contribution in [2.45, 2.75) is 25.2 Å². The maximum absolute atomic E-state index is 13.9. The topological polar surface area (TPSA) is 57.6 Å². The Kier molecular flexibility index (Phi) is 5.80. The fourth-order valence-electron chi connectivity index (χ4n) is 3.68. The molecule has 1 aliphatic heterocycles. The van der Waals surface area contributed by atoms with Gasteiger partial charge in [-0.2, -0.15) is 0 Å². The molecule has 1 aliphatic rings. The molecule has 1 unspecified atom stereocenters. The highest BCUT2D eigenvalue weighted by Crippen LogP contribution is 2.34. The lowest BCUT2D eigenvalue weighted by molar-refractivity contribution is -0.141. The van der Waals surface area contributed by atoms with Crippen LogP contribution in [0, 0.1) is 11.7 Å². The van der Waals surface area contributed by atoms with Gasteiger partial charge < -0.3 is 10.0 Å². The molecule has 0 spiro atoms. The van der Waals surface area contributed by atoms with Crippen molar-refractivity contribution in [1.82, 2.24) is 4.90 Å². The summed E-state index contributed by atoms with van der Waals surface area (Å²) >= 11 is 5.91. The standard InChI is InChI=1S/C21H21ClFNO3/c1-13(16-4-2-3-5-19(16)23)10-20(25)24-11-17(18(12-24)21(26)27)14-6-8-15(22)9-7-14/h2-9,13,17-18H,10-12H2,1H3,(H,26,27)/t13?,17-,18+/m0/s1. The van der Waals surface area contributed by atoms with Crippen molar-refractivity contribution in [1.29, 1.82) is 0 Å². The number of carbonyl (C=O) groups excluding carboxylic acids is 1. The monoisotopic (exact) mass is 389 g/mol. The minimum atomic E-state index is -0.924. The van der Waals surface area contributed by atoms with Gasteiger partial charge in [0, 0.05) is 30.5 Å². The van der Waals surface area contributed by atoms with Gasteiger partial charge >= 0.3 is 5.97 Å². The summed E-state index contributed by atoms with van der Waals surface area (Å²) in [5.74, 6) is -2.65. The summed E-state index contributed by atoms with van der Waals surface area (Å²) in [6.07, 6.45) is 0.139. The lowest BCUT2D eigenvalue weighted by atomic mass is 9.89. The molecule has 142 valence electrons. The Morgan fingerprint density at radius 3 is 2.48 bits per heavy atom. The molecule has 1 N–H and O–H groups in total. The number of nitrogens with zero attached hydrogens (tertiary/aromatic N) is 1. The van der Waals surface area contributed by atoms with E-state index in [9.17, 15) is 19.1 Å². The number of hydrogen-bond donors (Lipinski definition) is 1. The van der Waals surface area contributed by atoms with Gasteiger partial charge in [0.2, 0.25) is 5.91 Å². The normalized spacial score (nSPS) is 20.5. The van der Waals surface area contributed by atoms with Crippen molar-refractivity contribution in [2.24, 2.45) is 5.92 Å². The smallest absolute Gasteiger partial charge is 0.308 e. The number of carboxylic acids is 1. The van der Waals surface area contributed by atoms with Crippen molar-refractivity contribution in [3.63, 3.8) is 0 Å². The zero-order chi connectivity index (χ0) is 19.6. The maximum atomic E-state index is 13.9. The molecule has 1 heterocycles. The average molecular weight is 390 g/mol. The van der Waals surface area contributed by atoms with Gasteiger partial charge in [0.05, 0.1) is 5.92 Å². The zero-order valence-electron chi connectivity index (χ0n) is 14.9. The minimum Gasteiger partial charge on any atom is -0.481 e. The third-order valence-electron chi connectivity index (χ3n) is 5.20. The van der Waals surface area contributed by atoms with Crippen LogP contribution in [0.15, 0.2) is 48.5 Å². The number of hydrogen-bond acceptors (Lipinski definition) is 2. The number of likely N-dealkylation sites (tertiary alicyclic amines) is 1. The van der Waals surface area contributed by atoms with Crippen molar-refractivity contribution >= 4 is 23.5 Å². The van der Waals surface area contributed by atoms with E-state index in [2.05, 4.69) is 0 Å². The minimum absolute atomic E-state index is 0.139. The van der Waals surface area contributed by atoms with Gasteiger partial charge in [-0.3, -0.25) is 9.59 Å². The second kappa shape index (κ2) is 8.09. The van der Waals surface area contributed by atoms with Crippen LogP contribution < -0.4 is 0 Å². The number of benzene rings is 2. The van der Waals surface area contributed by atoms with Gasteiger partial charge in [-0.25, -0.2) is 4.39 Å². The van der Waals surface area contributed by atoms with Crippen LogP contribution in [0.3, 0.4) is 0 Å². The summed E-state index contributed by atoms with van der Waals surface area (Å²) < 4.78 is 13.9. The Morgan fingerprint density at radius 2 is 1.85 bits per heavy atom. The first-order valence-electron chi connectivity index (χ1n) is 8.87. The van der Waals surface area contributed by atoms with E-state index in [4.69, 9.17) is 11.6 Å². The van der Waals surface area contributed by atoms with Crippen LogP contribution in [-0.4, -0.2) is 35.0 Å². The highest BCUT2D eigenvalue weighted by Gasteiger charge is 2.40. The molecule has 0 aromatic heterocycles. The molecule has 0 saturated carbocycles. The van der Waals surface area contributed by atoms with Crippen molar-refractivity contribution in [2.75, 3.05) is 13.1 Å². The average Bonchev–Trinajstić information content (AvgIpc) is 3.08. The van der Waals surface area contributed by atoms with E-state index in [1.54, 1.807) is 54.3 Å². The Morgan fingerprint density at radius 1 is 1.19 bits per heavy atom. The summed E-state index contributed by atoms with van der Waals surface area (Å²) in [7, 11) is 0. The first kappa shape index (κ1) is 19.4. The Labute approximate surface area is 162 Å². The number of carbonyl (C=O) groups is 2. The van der Waals surface area contributed by atoms with Crippen molar-refractivity contribution in [3.8, 4) is 0 Å². The molecule has 0 aliphatic carbocycles. The highest BCUT2D eigenvalue weighted by molar-refractivity contribution is 6.30. The molecule has 1 fully saturated rings. The molecule has 3 rings (SSSR count). The van der Waals surface area contributed by atoms with Crippen LogP contribution >= 0.6 is 11.6 Å². The molecule has 4 nitrogen and oxygen atoms in total. The van der Waals surface area contributed by atoms with Gasteiger partial charge in [-0.05, 0) is 35.2 Å². The lowest BCUT2D eigenvalue weighted by Gasteiger charge is -2.19. The molecule has 2 aromatic carbocycles. The van der Waals surface area contributed by atoms with Gasteiger partial charge in [0.15, 0.2) is 0 Å². The van der Waals surface area contributed by atoms with Crippen LogP contribution in [0.1, 0.15) is 36.3 Å². The largest absolute Gasteiger partial charge is 0.481 e. The predicted molar refractivity (Wildman–Crippen MR) is 101 cm³/mol. The Bertz CT molecular complexity index is 840. The molecule has 27 heavy (non-hydrogen) atoms. The van der Waals surface area contributed by atoms with E-state index in [-0.39, 0.29) is 36.5 Å². The van der Waals surface area contributed by atoms with E-state index in [1.807, 2.05) is 0 Å². The quantitative estimate of drug-likeness (QED) is 0.829. The fourth-order valence-corrected chi connectivity index (χ4v) is 3.81. The highest BCUT2D eigenvalue weighted by atomic mass is 35.5. The summed E-state index contributed by atoms with van der Waals surface area (Å²) in [4.78, 5) is 26.0. The summed E-state index contributed by atoms with van der Waals surface area (Å²) in [6.45, 7) is 2.30. The van der Waals surface area contributed by atoms with Gasteiger partial charge in [-0.15, -0.1) is 0 Å². The first-order chi connectivity index (χ1) is 12.9. The van der Waals surface area contributed by atoms with E-state index >= 15 is 0 Å². The van der Waals surface area contributed by atoms with E-state index in [1.165, 1.54) is 6.07 Å². The third kappa shape index (κ3) is 4.30. The van der Waals surface area contributed by atoms with Crippen LogP contribution in [0.5, 0.6) is 0 Å². The fraction of sp³-hybridized carbons (Fsp3) is 0.333. The first-order valence-corrected chi connectivity index (χ1v) is 9.25. The van der Waals surface area contributed by atoms with Gasteiger partial charge in [0.25, 0.3) is 0 Å². The zero-order valence-corrected chi connectivity index (χ0v) is 15.7. The molecule has 1 amide bonds. The van der Waals surface area contributed by atoms with Crippen molar-refractivity contribution < 1.29 is 19.1 Å². The van der Waals surface area contributed by atoms with Crippen LogP contribution in [-0.2, 0) is 9.59 Å². The molecule has 0 bridgehead atoms. The third-order valence-corrected chi connectivity index (χ3v) is 5.46. The van der Waals surface area contributed by atoms with Crippen LogP contribution in [0.25, 0.3) is 0 Å². The molecule has 6 heteroatoms. The Hall–Kier alpha value is -2.40.